The van der Waals surface area contributed by atoms with Crippen LogP contribution in [0.4, 0.5) is 19.1 Å². The lowest BCUT2D eigenvalue weighted by Crippen LogP contribution is -2.05. The first-order chi connectivity index (χ1) is 11.4. The summed E-state index contributed by atoms with van der Waals surface area (Å²) in [6.45, 7) is 0.210. The summed E-state index contributed by atoms with van der Waals surface area (Å²) >= 11 is 4.79. The number of alkyl halides is 3. The number of aromatic nitrogens is 5. The van der Waals surface area contributed by atoms with Crippen LogP contribution in [0.25, 0.3) is 11.4 Å². The average Bonchev–Trinajstić information content (AvgIpc) is 3.04. The molecule has 0 radical (unpaired) electrons. The Bertz CT molecular complexity index is 836. The molecule has 0 aliphatic carbocycles. The Kier molecular flexibility index (Phi) is 4.30. The van der Waals surface area contributed by atoms with E-state index >= 15 is 0 Å². The van der Waals surface area contributed by atoms with Gasteiger partial charge in [0.05, 0.1) is 17.8 Å². The quantitative estimate of drug-likeness (QED) is 0.555. The highest BCUT2D eigenvalue weighted by molar-refractivity contribution is 6.21. The molecule has 0 unspecified atom stereocenters. The number of anilines is 1. The van der Waals surface area contributed by atoms with Crippen LogP contribution >= 0.6 is 11.6 Å². The van der Waals surface area contributed by atoms with E-state index in [0.29, 0.717) is 5.69 Å². The van der Waals surface area contributed by atoms with Crippen LogP contribution < -0.4 is 5.32 Å². The molecule has 3 rings (SSSR count). The van der Waals surface area contributed by atoms with Gasteiger partial charge in [-0.1, -0.05) is 11.2 Å². The van der Waals surface area contributed by atoms with Crippen molar-refractivity contribution < 1.29 is 17.7 Å². The summed E-state index contributed by atoms with van der Waals surface area (Å²) in [7, 11) is 0. The van der Waals surface area contributed by atoms with Crippen molar-refractivity contribution in [2.45, 2.75) is 11.9 Å². The lowest BCUT2D eigenvalue weighted by molar-refractivity contribution is 0.0551. The largest absolute Gasteiger partial charge is 0.400 e. The Hall–Kier alpha value is -2.75. The molecular formula is C13H8ClF3N6O. The normalized spacial score (nSPS) is 11.5. The highest BCUT2D eigenvalue weighted by Crippen LogP contribution is 2.31. The summed E-state index contributed by atoms with van der Waals surface area (Å²) in [5.74, 6) is -1.49. The minimum atomic E-state index is -3.74. The first kappa shape index (κ1) is 16.1. The summed E-state index contributed by atoms with van der Waals surface area (Å²) in [6.07, 6.45) is 2.63. The third kappa shape index (κ3) is 3.77. The van der Waals surface area contributed by atoms with Gasteiger partial charge in [-0.25, -0.2) is 15.0 Å². The van der Waals surface area contributed by atoms with Crippen LogP contribution in [0.2, 0.25) is 0 Å². The van der Waals surface area contributed by atoms with E-state index in [-0.39, 0.29) is 23.9 Å². The molecule has 0 saturated heterocycles. The molecule has 0 aliphatic rings. The molecule has 7 nitrogen and oxygen atoms in total. The van der Waals surface area contributed by atoms with Gasteiger partial charge in [0.25, 0.3) is 0 Å². The zero-order valence-corrected chi connectivity index (χ0v) is 12.5. The average molecular weight is 357 g/mol. The van der Waals surface area contributed by atoms with E-state index in [0.717, 1.165) is 0 Å². The van der Waals surface area contributed by atoms with Crippen molar-refractivity contribution in [1.29, 1.82) is 0 Å². The zero-order valence-electron chi connectivity index (χ0n) is 11.8. The van der Waals surface area contributed by atoms with Gasteiger partial charge in [0.1, 0.15) is 0 Å². The fourth-order valence-electron chi connectivity index (χ4n) is 1.71. The summed E-state index contributed by atoms with van der Waals surface area (Å²) in [4.78, 5) is 15.1. The molecule has 3 aromatic rings. The van der Waals surface area contributed by atoms with Crippen LogP contribution in [0.3, 0.4) is 0 Å². The van der Waals surface area contributed by atoms with Crippen LogP contribution in [0, 0.1) is 5.95 Å². The Morgan fingerprint density at radius 3 is 2.54 bits per heavy atom. The molecule has 0 fully saturated rings. The van der Waals surface area contributed by atoms with Crippen molar-refractivity contribution >= 4 is 17.5 Å². The number of hydrogen-bond donors (Lipinski definition) is 1. The van der Waals surface area contributed by atoms with Crippen molar-refractivity contribution in [3.63, 3.8) is 0 Å². The number of pyridine rings is 1. The van der Waals surface area contributed by atoms with Gasteiger partial charge >= 0.3 is 11.3 Å². The molecule has 0 spiro atoms. The van der Waals surface area contributed by atoms with Gasteiger partial charge in [-0.15, -0.1) is 0 Å². The first-order valence-corrected chi connectivity index (χ1v) is 6.88. The van der Waals surface area contributed by atoms with Crippen molar-refractivity contribution in [3.8, 4) is 11.4 Å². The van der Waals surface area contributed by atoms with Crippen molar-refractivity contribution in [3.05, 3.63) is 48.1 Å². The minimum Gasteiger partial charge on any atom is -0.349 e. The van der Waals surface area contributed by atoms with Gasteiger partial charge in [0, 0.05) is 12.4 Å². The van der Waals surface area contributed by atoms with Crippen molar-refractivity contribution in [2.24, 2.45) is 0 Å². The van der Waals surface area contributed by atoms with Gasteiger partial charge in [-0.3, -0.25) is 0 Å². The van der Waals surface area contributed by atoms with E-state index in [1.165, 1.54) is 24.5 Å². The van der Waals surface area contributed by atoms with E-state index in [4.69, 9.17) is 11.6 Å². The molecule has 1 N–H and O–H groups in total. The topological polar surface area (TPSA) is 89.6 Å². The summed E-state index contributed by atoms with van der Waals surface area (Å²) in [5.41, 5.74) is 0.732. The molecule has 0 amide bonds. The van der Waals surface area contributed by atoms with Crippen LogP contribution in [-0.4, -0.2) is 25.1 Å². The summed E-state index contributed by atoms with van der Waals surface area (Å²) < 4.78 is 43.0. The number of halogens is 4. The standard InChI is InChI=1S/C13H8ClF3N6O/c14-13(16,17)11-22-10(23-24-11)7-4-18-12(19-5-7)20-6-8-2-1-3-9(15)21-8/h1-5H,6H2,(H,18,19,20). The molecule has 0 saturated carbocycles. The fourth-order valence-corrected chi connectivity index (χ4v) is 1.79. The SMILES string of the molecule is Fc1cccc(CNc2ncc(-c3noc(C(F)(F)Cl)n3)cn2)n1. The van der Waals surface area contributed by atoms with Gasteiger partial charge in [0.2, 0.25) is 17.7 Å². The summed E-state index contributed by atoms with van der Waals surface area (Å²) in [5, 5.41) is 2.48. The van der Waals surface area contributed by atoms with Gasteiger partial charge < -0.3 is 9.84 Å². The highest BCUT2D eigenvalue weighted by Gasteiger charge is 2.35. The second-order valence-electron chi connectivity index (χ2n) is 4.52. The Labute approximate surface area is 137 Å². The van der Waals surface area contributed by atoms with E-state index in [2.05, 4.69) is 34.9 Å². The maximum Gasteiger partial charge on any atom is 0.400 e. The predicted molar refractivity (Wildman–Crippen MR) is 76.6 cm³/mol. The van der Waals surface area contributed by atoms with E-state index in [1.807, 2.05) is 0 Å². The van der Waals surface area contributed by atoms with E-state index in [1.54, 1.807) is 6.07 Å². The molecule has 0 bridgehead atoms. The van der Waals surface area contributed by atoms with Crippen molar-refractivity contribution in [2.75, 3.05) is 5.32 Å². The Morgan fingerprint density at radius 2 is 1.92 bits per heavy atom. The lowest BCUT2D eigenvalue weighted by atomic mass is 10.3. The van der Waals surface area contributed by atoms with E-state index < -0.39 is 17.2 Å². The molecule has 124 valence electrons. The molecule has 24 heavy (non-hydrogen) atoms. The van der Waals surface area contributed by atoms with Crippen LogP contribution in [-0.2, 0) is 11.9 Å². The second-order valence-corrected chi connectivity index (χ2v) is 5.00. The van der Waals surface area contributed by atoms with Crippen molar-refractivity contribution in [1.82, 2.24) is 25.1 Å². The maximum absolute atomic E-state index is 13.0. The van der Waals surface area contributed by atoms with Crippen LogP contribution in [0.15, 0.2) is 35.1 Å². The molecule has 3 aromatic heterocycles. The summed E-state index contributed by atoms with van der Waals surface area (Å²) in [6, 6.07) is 4.40. The van der Waals surface area contributed by atoms with E-state index in [9.17, 15) is 13.2 Å². The van der Waals surface area contributed by atoms with Gasteiger partial charge in [0.15, 0.2) is 0 Å². The lowest BCUT2D eigenvalue weighted by Gasteiger charge is -2.04. The second kappa shape index (κ2) is 6.40. The molecule has 0 atom stereocenters. The fraction of sp³-hybridized carbons (Fsp3) is 0.154. The Morgan fingerprint density at radius 1 is 1.17 bits per heavy atom. The molecule has 3 heterocycles. The predicted octanol–water partition coefficient (Wildman–Crippen LogP) is 2.96. The maximum atomic E-state index is 13.0. The number of nitrogens with one attached hydrogen (secondary N) is 1. The number of hydrogen-bond acceptors (Lipinski definition) is 7. The zero-order chi connectivity index (χ0) is 17.2. The molecule has 0 aromatic carbocycles. The first-order valence-electron chi connectivity index (χ1n) is 6.50. The molecular weight excluding hydrogens is 349 g/mol. The monoisotopic (exact) mass is 356 g/mol. The van der Waals surface area contributed by atoms with Gasteiger partial charge in [-0.2, -0.15) is 18.2 Å². The number of rotatable bonds is 5. The smallest absolute Gasteiger partial charge is 0.349 e. The van der Waals surface area contributed by atoms with Crippen LogP contribution in [0.1, 0.15) is 11.6 Å². The minimum absolute atomic E-state index is 0.122. The molecule has 11 heteroatoms. The third-order valence-corrected chi connectivity index (χ3v) is 2.94. The Balaban J connectivity index is 1.68. The van der Waals surface area contributed by atoms with Gasteiger partial charge in [-0.05, 0) is 23.7 Å². The third-order valence-electron chi connectivity index (χ3n) is 2.78. The van der Waals surface area contributed by atoms with Crippen LogP contribution in [0.5, 0.6) is 0 Å². The number of nitrogens with zero attached hydrogens (tertiary/aromatic N) is 5. The molecule has 0 aliphatic heterocycles. The highest BCUT2D eigenvalue weighted by atomic mass is 35.5.